The fourth-order valence-electron chi connectivity index (χ4n) is 2.98. The Morgan fingerprint density at radius 3 is 2.65 bits per heavy atom. The van der Waals surface area contributed by atoms with Crippen LogP contribution in [0.4, 0.5) is 0 Å². The molecule has 2 N–H and O–H groups in total. The predicted octanol–water partition coefficient (Wildman–Crippen LogP) is 2.29. The van der Waals surface area contributed by atoms with Crippen LogP contribution in [0, 0.1) is 5.92 Å². The van der Waals surface area contributed by atoms with Crippen molar-refractivity contribution in [1.82, 2.24) is 10.0 Å². The molecule has 0 aliphatic heterocycles. The predicted molar refractivity (Wildman–Crippen MR) is 94.0 cm³/mol. The van der Waals surface area contributed by atoms with E-state index in [2.05, 4.69) is 17.0 Å². The summed E-state index contributed by atoms with van der Waals surface area (Å²) in [5, 5.41) is 6.79. The first-order chi connectivity index (χ1) is 10.8. The van der Waals surface area contributed by atoms with Crippen molar-refractivity contribution in [3.8, 4) is 0 Å². The SMILES string of the molecule is CC1CCC(NS(=O)(=O)CC(=O)NC(C)Cc2ccsc2)CC1. The minimum absolute atomic E-state index is 0.0211. The highest BCUT2D eigenvalue weighted by molar-refractivity contribution is 7.90. The van der Waals surface area contributed by atoms with Gasteiger partial charge in [0.15, 0.2) is 0 Å². The van der Waals surface area contributed by atoms with E-state index in [4.69, 9.17) is 0 Å². The zero-order chi connectivity index (χ0) is 16.9. The van der Waals surface area contributed by atoms with Gasteiger partial charge in [-0.1, -0.05) is 6.92 Å². The number of rotatable bonds is 7. The second-order valence-corrected chi connectivity index (χ2v) is 9.17. The maximum absolute atomic E-state index is 12.1. The van der Waals surface area contributed by atoms with Crippen molar-refractivity contribution in [2.75, 3.05) is 5.75 Å². The van der Waals surface area contributed by atoms with Crippen LogP contribution in [0.3, 0.4) is 0 Å². The smallest absolute Gasteiger partial charge is 0.236 e. The van der Waals surface area contributed by atoms with Gasteiger partial charge in [0.05, 0.1) is 0 Å². The normalized spacial score (nSPS) is 23.4. The summed E-state index contributed by atoms with van der Waals surface area (Å²) in [5.41, 5.74) is 1.15. The summed E-state index contributed by atoms with van der Waals surface area (Å²) in [6.45, 7) is 4.07. The molecule has 1 aliphatic carbocycles. The molecule has 2 rings (SSSR count). The van der Waals surface area contributed by atoms with Gasteiger partial charge in [0, 0.05) is 12.1 Å². The molecule has 23 heavy (non-hydrogen) atoms. The largest absolute Gasteiger partial charge is 0.352 e. The molecule has 0 bridgehead atoms. The zero-order valence-corrected chi connectivity index (χ0v) is 15.4. The highest BCUT2D eigenvalue weighted by Gasteiger charge is 2.25. The minimum atomic E-state index is -3.57. The summed E-state index contributed by atoms with van der Waals surface area (Å²) in [7, 11) is -3.57. The van der Waals surface area contributed by atoms with Gasteiger partial charge in [-0.3, -0.25) is 4.79 Å². The van der Waals surface area contributed by atoms with E-state index in [1.165, 1.54) is 0 Å². The Kier molecular flexibility index (Phi) is 6.61. The third-order valence-electron chi connectivity index (χ3n) is 4.21. The number of carbonyl (C=O) groups is 1. The molecule has 1 unspecified atom stereocenters. The lowest BCUT2D eigenvalue weighted by Gasteiger charge is -2.26. The van der Waals surface area contributed by atoms with E-state index in [0.717, 1.165) is 31.2 Å². The van der Waals surface area contributed by atoms with Crippen LogP contribution in [-0.4, -0.2) is 32.2 Å². The number of sulfonamides is 1. The Morgan fingerprint density at radius 2 is 2.04 bits per heavy atom. The average molecular weight is 359 g/mol. The van der Waals surface area contributed by atoms with E-state index in [9.17, 15) is 13.2 Å². The van der Waals surface area contributed by atoms with Crippen LogP contribution in [-0.2, 0) is 21.2 Å². The zero-order valence-electron chi connectivity index (χ0n) is 13.7. The van der Waals surface area contributed by atoms with Gasteiger partial charge >= 0.3 is 0 Å². The lowest BCUT2D eigenvalue weighted by Crippen LogP contribution is -2.44. The van der Waals surface area contributed by atoms with Gasteiger partial charge in [-0.05, 0) is 67.3 Å². The van der Waals surface area contributed by atoms with Crippen LogP contribution in [0.1, 0.15) is 45.1 Å². The van der Waals surface area contributed by atoms with Crippen molar-refractivity contribution in [1.29, 1.82) is 0 Å². The van der Waals surface area contributed by atoms with Crippen molar-refractivity contribution in [3.63, 3.8) is 0 Å². The van der Waals surface area contributed by atoms with Gasteiger partial charge < -0.3 is 5.32 Å². The third kappa shape index (κ3) is 6.61. The van der Waals surface area contributed by atoms with Crippen LogP contribution in [0.2, 0.25) is 0 Å². The van der Waals surface area contributed by atoms with Crippen LogP contribution >= 0.6 is 11.3 Å². The van der Waals surface area contributed by atoms with Gasteiger partial charge in [0.1, 0.15) is 5.75 Å². The molecule has 5 nitrogen and oxygen atoms in total. The molecule has 1 saturated carbocycles. The Hall–Kier alpha value is -0.920. The summed E-state index contributed by atoms with van der Waals surface area (Å²) in [6.07, 6.45) is 4.50. The number of amides is 1. The van der Waals surface area contributed by atoms with Crippen molar-refractivity contribution < 1.29 is 13.2 Å². The number of hydrogen-bond donors (Lipinski definition) is 2. The topological polar surface area (TPSA) is 75.3 Å². The highest BCUT2D eigenvalue weighted by atomic mass is 32.2. The first-order valence-corrected chi connectivity index (χ1v) is 10.7. The molecule has 0 saturated heterocycles. The Bertz CT molecular complexity index is 591. The summed E-state index contributed by atoms with van der Waals surface area (Å²) in [6, 6.07) is 1.91. The van der Waals surface area contributed by atoms with Crippen molar-refractivity contribution in [2.24, 2.45) is 5.92 Å². The van der Waals surface area contributed by atoms with Crippen LogP contribution in [0.25, 0.3) is 0 Å². The van der Waals surface area contributed by atoms with E-state index in [-0.39, 0.29) is 12.1 Å². The molecule has 1 aromatic heterocycles. The molecule has 0 radical (unpaired) electrons. The molecular formula is C16H26N2O3S2. The molecule has 1 heterocycles. The van der Waals surface area contributed by atoms with Gasteiger partial charge in [0.2, 0.25) is 15.9 Å². The number of carbonyl (C=O) groups excluding carboxylic acids is 1. The van der Waals surface area contributed by atoms with Crippen LogP contribution in [0.15, 0.2) is 16.8 Å². The molecule has 7 heteroatoms. The van der Waals surface area contributed by atoms with Gasteiger partial charge in [0.25, 0.3) is 0 Å². The first kappa shape index (κ1) is 18.4. The molecule has 1 atom stereocenters. The van der Waals surface area contributed by atoms with Gasteiger partial charge in [-0.2, -0.15) is 11.3 Å². The molecular weight excluding hydrogens is 332 g/mol. The van der Waals surface area contributed by atoms with Gasteiger partial charge in [-0.15, -0.1) is 0 Å². The molecule has 1 aromatic rings. The Labute approximate surface area is 142 Å². The number of hydrogen-bond acceptors (Lipinski definition) is 4. The van der Waals surface area contributed by atoms with Gasteiger partial charge in [-0.25, -0.2) is 13.1 Å². The standard InChI is InChI=1S/C16H26N2O3S2/c1-12-3-5-15(6-4-12)18-23(20,21)11-16(19)17-13(2)9-14-7-8-22-10-14/h7-8,10,12-13,15,18H,3-6,9,11H2,1-2H3,(H,17,19). The highest BCUT2D eigenvalue weighted by Crippen LogP contribution is 2.23. The first-order valence-electron chi connectivity index (χ1n) is 8.14. The lowest BCUT2D eigenvalue weighted by molar-refractivity contribution is -0.119. The summed E-state index contributed by atoms with van der Waals surface area (Å²) >= 11 is 1.61. The average Bonchev–Trinajstić information content (AvgIpc) is 2.92. The summed E-state index contributed by atoms with van der Waals surface area (Å²) < 4.78 is 26.9. The van der Waals surface area contributed by atoms with E-state index in [1.54, 1.807) is 11.3 Å². The lowest BCUT2D eigenvalue weighted by atomic mass is 9.88. The molecule has 130 valence electrons. The van der Waals surface area contributed by atoms with E-state index >= 15 is 0 Å². The third-order valence-corrected chi connectivity index (χ3v) is 6.28. The Balaban J connectivity index is 1.76. The quantitative estimate of drug-likeness (QED) is 0.785. The van der Waals surface area contributed by atoms with E-state index < -0.39 is 21.7 Å². The molecule has 1 aliphatic rings. The van der Waals surface area contributed by atoms with Crippen LogP contribution < -0.4 is 10.0 Å². The van der Waals surface area contributed by atoms with E-state index in [1.807, 2.05) is 23.8 Å². The minimum Gasteiger partial charge on any atom is -0.352 e. The molecule has 1 amide bonds. The number of nitrogens with one attached hydrogen (secondary N) is 2. The summed E-state index contributed by atoms with van der Waals surface area (Å²) in [5.74, 6) is -0.269. The number of thiophene rings is 1. The fourth-order valence-corrected chi connectivity index (χ4v) is 4.91. The van der Waals surface area contributed by atoms with E-state index in [0.29, 0.717) is 12.3 Å². The molecule has 1 fully saturated rings. The second-order valence-electron chi connectivity index (χ2n) is 6.64. The van der Waals surface area contributed by atoms with Crippen molar-refractivity contribution in [2.45, 2.75) is 58.0 Å². The molecule has 0 aromatic carbocycles. The van der Waals surface area contributed by atoms with Crippen molar-refractivity contribution in [3.05, 3.63) is 22.4 Å². The fraction of sp³-hybridized carbons (Fsp3) is 0.688. The van der Waals surface area contributed by atoms with Crippen molar-refractivity contribution >= 4 is 27.3 Å². The Morgan fingerprint density at radius 1 is 1.35 bits per heavy atom. The van der Waals surface area contributed by atoms with Crippen LogP contribution in [0.5, 0.6) is 0 Å². The maximum Gasteiger partial charge on any atom is 0.236 e. The molecule has 0 spiro atoms. The second kappa shape index (κ2) is 8.26. The monoisotopic (exact) mass is 358 g/mol. The summed E-state index contributed by atoms with van der Waals surface area (Å²) in [4.78, 5) is 12.0. The maximum atomic E-state index is 12.1.